The number of aromatic nitrogens is 1. The Morgan fingerprint density at radius 3 is 2.54 bits per heavy atom. The highest BCUT2D eigenvalue weighted by molar-refractivity contribution is 5.76. The van der Waals surface area contributed by atoms with Crippen LogP contribution in [0, 0.1) is 6.92 Å². The Kier molecular flexibility index (Phi) is 6.84. The van der Waals surface area contributed by atoms with E-state index in [9.17, 15) is 4.79 Å². The predicted molar refractivity (Wildman–Crippen MR) is 109 cm³/mol. The number of nitrogens with zero attached hydrogens (tertiary/aromatic N) is 1. The van der Waals surface area contributed by atoms with Crippen molar-refractivity contribution in [3.05, 3.63) is 71.6 Å². The molecule has 0 aliphatic carbocycles. The Morgan fingerprint density at radius 1 is 1.07 bits per heavy atom. The summed E-state index contributed by atoms with van der Waals surface area (Å²) in [6.07, 6.45) is 3.46. The summed E-state index contributed by atoms with van der Waals surface area (Å²) in [5.74, 6) is 1.50. The molecule has 3 rings (SSSR count). The maximum absolute atomic E-state index is 12.1. The van der Waals surface area contributed by atoms with Crippen LogP contribution in [0.25, 0.3) is 11.5 Å². The molecule has 0 atom stereocenters. The van der Waals surface area contributed by atoms with Crippen LogP contribution in [-0.4, -0.2) is 24.0 Å². The Balaban J connectivity index is 1.40. The van der Waals surface area contributed by atoms with Gasteiger partial charge in [-0.25, -0.2) is 4.98 Å². The number of oxazole rings is 1. The van der Waals surface area contributed by atoms with Crippen LogP contribution in [0.15, 0.2) is 59.2 Å². The van der Waals surface area contributed by atoms with Crippen molar-refractivity contribution < 1.29 is 13.9 Å². The fourth-order valence-corrected chi connectivity index (χ4v) is 2.85. The second-order valence-electron chi connectivity index (χ2n) is 6.69. The first-order chi connectivity index (χ1) is 13.6. The van der Waals surface area contributed by atoms with Crippen LogP contribution in [-0.2, 0) is 17.6 Å². The normalized spacial score (nSPS) is 10.6. The summed E-state index contributed by atoms with van der Waals surface area (Å²) in [6.45, 7) is 5.20. The van der Waals surface area contributed by atoms with Crippen molar-refractivity contribution in [2.24, 2.45) is 0 Å². The predicted octanol–water partition coefficient (Wildman–Crippen LogP) is 4.34. The van der Waals surface area contributed by atoms with Gasteiger partial charge in [-0.3, -0.25) is 4.79 Å². The van der Waals surface area contributed by atoms with Gasteiger partial charge in [0.25, 0.3) is 0 Å². The zero-order valence-electron chi connectivity index (χ0n) is 16.4. The third-order valence-electron chi connectivity index (χ3n) is 4.43. The van der Waals surface area contributed by atoms with E-state index < -0.39 is 0 Å². The molecule has 0 aliphatic heterocycles. The Bertz CT molecular complexity index is 883. The number of hydrogen-bond donors (Lipinski definition) is 1. The van der Waals surface area contributed by atoms with Gasteiger partial charge in [-0.05, 0) is 50.1 Å². The maximum Gasteiger partial charge on any atom is 0.226 e. The molecular formula is C23H26N2O3. The minimum Gasteiger partial charge on any atom is -0.494 e. The van der Waals surface area contributed by atoms with Gasteiger partial charge in [-0.2, -0.15) is 0 Å². The van der Waals surface area contributed by atoms with Crippen LogP contribution in [0.4, 0.5) is 0 Å². The molecule has 1 heterocycles. The third-order valence-corrected chi connectivity index (χ3v) is 4.43. The van der Waals surface area contributed by atoms with Gasteiger partial charge >= 0.3 is 0 Å². The standard InChI is InChI=1S/C23H26N2O3/c1-3-27-21-11-6-18(7-12-21)8-13-22(26)24-15-14-20-16-28-23(25-20)19-9-4-17(2)5-10-19/h4-7,9-12,16H,3,8,13-15H2,1-2H3,(H,24,26). The average molecular weight is 378 g/mol. The van der Waals surface area contributed by atoms with Gasteiger partial charge in [0.2, 0.25) is 11.8 Å². The zero-order chi connectivity index (χ0) is 19.8. The molecule has 0 spiro atoms. The molecular weight excluding hydrogens is 352 g/mol. The van der Waals surface area contributed by atoms with Gasteiger partial charge in [-0.15, -0.1) is 0 Å². The van der Waals surface area contributed by atoms with Gasteiger partial charge in [0, 0.05) is 24.9 Å². The lowest BCUT2D eigenvalue weighted by molar-refractivity contribution is -0.121. The Hall–Kier alpha value is -3.08. The highest BCUT2D eigenvalue weighted by atomic mass is 16.5. The van der Waals surface area contributed by atoms with Crippen LogP contribution < -0.4 is 10.1 Å². The van der Waals surface area contributed by atoms with Gasteiger partial charge in [-0.1, -0.05) is 29.8 Å². The average Bonchev–Trinajstić information content (AvgIpc) is 3.17. The van der Waals surface area contributed by atoms with Crippen LogP contribution >= 0.6 is 0 Å². The van der Waals surface area contributed by atoms with Crippen molar-refractivity contribution in [2.75, 3.05) is 13.2 Å². The van der Waals surface area contributed by atoms with Gasteiger partial charge < -0.3 is 14.5 Å². The second kappa shape index (κ2) is 9.74. The smallest absolute Gasteiger partial charge is 0.226 e. The quantitative estimate of drug-likeness (QED) is 0.602. The highest BCUT2D eigenvalue weighted by Gasteiger charge is 2.08. The third kappa shape index (κ3) is 5.71. The first-order valence-electron chi connectivity index (χ1n) is 9.64. The molecule has 0 saturated carbocycles. The van der Waals surface area contributed by atoms with E-state index in [1.807, 2.05) is 62.4 Å². The molecule has 0 bridgehead atoms. The zero-order valence-corrected chi connectivity index (χ0v) is 16.4. The molecule has 0 unspecified atom stereocenters. The summed E-state index contributed by atoms with van der Waals surface area (Å²) >= 11 is 0. The van der Waals surface area contributed by atoms with Crippen LogP contribution in [0.3, 0.4) is 0 Å². The number of aryl methyl sites for hydroxylation is 2. The molecule has 0 radical (unpaired) electrons. The number of nitrogens with one attached hydrogen (secondary N) is 1. The lowest BCUT2D eigenvalue weighted by atomic mass is 10.1. The largest absolute Gasteiger partial charge is 0.494 e. The first kappa shape index (κ1) is 19.7. The molecule has 146 valence electrons. The van der Waals surface area contributed by atoms with E-state index >= 15 is 0 Å². The van der Waals surface area contributed by atoms with Crippen molar-refractivity contribution in [3.63, 3.8) is 0 Å². The molecule has 2 aromatic carbocycles. The number of carbonyl (C=O) groups excluding carboxylic acids is 1. The molecule has 0 aliphatic rings. The molecule has 28 heavy (non-hydrogen) atoms. The number of ether oxygens (including phenoxy) is 1. The van der Waals surface area contributed by atoms with Crippen LogP contribution in [0.5, 0.6) is 5.75 Å². The van der Waals surface area contributed by atoms with Crippen LogP contribution in [0.1, 0.15) is 30.2 Å². The molecule has 1 amide bonds. The number of rotatable bonds is 9. The maximum atomic E-state index is 12.1. The van der Waals surface area contributed by atoms with Crippen LogP contribution in [0.2, 0.25) is 0 Å². The van der Waals surface area contributed by atoms with E-state index in [0.29, 0.717) is 38.3 Å². The van der Waals surface area contributed by atoms with E-state index in [0.717, 1.165) is 22.6 Å². The van der Waals surface area contributed by atoms with Gasteiger partial charge in [0.1, 0.15) is 12.0 Å². The monoisotopic (exact) mass is 378 g/mol. The minimum absolute atomic E-state index is 0.0381. The summed E-state index contributed by atoms with van der Waals surface area (Å²) in [7, 11) is 0. The molecule has 0 saturated heterocycles. The van der Waals surface area contributed by atoms with E-state index in [1.54, 1.807) is 6.26 Å². The SMILES string of the molecule is CCOc1ccc(CCC(=O)NCCc2coc(-c3ccc(C)cc3)n2)cc1. The summed E-state index contributed by atoms with van der Waals surface area (Å²) in [5.41, 5.74) is 4.11. The van der Waals surface area contributed by atoms with Crippen molar-refractivity contribution in [2.45, 2.75) is 33.1 Å². The van der Waals surface area contributed by atoms with E-state index in [-0.39, 0.29) is 5.91 Å². The minimum atomic E-state index is 0.0381. The van der Waals surface area contributed by atoms with Gasteiger partial charge in [0.15, 0.2) is 0 Å². The fourth-order valence-electron chi connectivity index (χ4n) is 2.85. The van der Waals surface area contributed by atoms with Crippen molar-refractivity contribution in [1.82, 2.24) is 10.3 Å². The van der Waals surface area contributed by atoms with Crippen molar-refractivity contribution in [3.8, 4) is 17.2 Å². The lowest BCUT2D eigenvalue weighted by Gasteiger charge is -2.06. The molecule has 1 aromatic heterocycles. The second-order valence-corrected chi connectivity index (χ2v) is 6.69. The highest BCUT2D eigenvalue weighted by Crippen LogP contribution is 2.19. The summed E-state index contributed by atoms with van der Waals surface area (Å²) in [6, 6.07) is 15.9. The Labute approximate surface area is 165 Å². The van der Waals surface area contributed by atoms with Gasteiger partial charge in [0.05, 0.1) is 12.3 Å². The summed E-state index contributed by atoms with van der Waals surface area (Å²) in [4.78, 5) is 16.5. The lowest BCUT2D eigenvalue weighted by Crippen LogP contribution is -2.25. The summed E-state index contributed by atoms with van der Waals surface area (Å²) in [5, 5.41) is 2.94. The number of amides is 1. The summed E-state index contributed by atoms with van der Waals surface area (Å²) < 4.78 is 11.0. The van der Waals surface area contributed by atoms with Crippen molar-refractivity contribution in [1.29, 1.82) is 0 Å². The number of carbonyl (C=O) groups is 1. The van der Waals surface area contributed by atoms with E-state index in [4.69, 9.17) is 9.15 Å². The van der Waals surface area contributed by atoms with Crippen molar-refractivity contribution >= 4 is 5.91 Å². The molecule has 5 heteroatoms. The van der Waals surface area contributed by atoms with E-state index in [2.05, 4.69) is 10.3 Å². The molecule has 0 fully saturated rings. The van der Waals surface area contributed by atoms with E-state index in [1.165, 1.54) is 5.56 Å². The molecule has 3 aromatic rings. The molecule has 1 N–H and O–H groups in total. The first-order valence-corrected chi connectivity index (χ1v) is 9.64. The Morgan fingerprint density at radius 2 is 1.82 bits per heavy atom. The molecule has 5 nitrogen and oxygen atoms in total. The fraction of sp³-hybridized carbons (Fsp3) is 0.304. The topological polar surface area (TPSA) is 64.4 Å². The number of hydrogen-bond acceptors (Lipinski definition) is 4. The number of benzene rings is 2.